The predicted octanol–water partition coefficient (Wildman–Crippen LogP) is 3.18. The molecule has 2 saturated carbocycles. The number of hydrogen-bond acceptors (Lipinski definition) is 1. The first kappa shape index (κ1) is 11.8. The molecule has 1 aromatic carbocycles. The number of amidine groups is 1. The molecule has 0 amide bonds. The van der Waals surface area contributed by atoms with E-state index in [0.29, 0.717) is 5.41 Å². The van der Waals surface area contributed by atoms with E-state index in [9.17, 15) is 0 Å². The van der Waals surface area contributed by atoms with Crippen LogP contribution in [0.3, 0.4) is 0 Å². The van der Waals surface area contributed by atoms with Crippen LogP contribution in [-0.4, -0.2) is 12.4 Å². The molecular weight excluding hydrogens is 220 g/mol. The van der Waals surface area contributed by atoms with Gasteiger partial charge in [0.05, 0.1) is 5.41 Å². The average Bonchev–Trinajstić information content (AvgIpc) is 3.06. The Morgan fingerprint density at radius 1 is 1.33 bits per heavy atom. The van der Waals surface area contributed by atoms with Crippen molar-refractivity contribution >= 4 is 5.84 Å². The lowest BCUT2D eigenvalue weighted by Crippen LogP contribution is -2.52. The van der Waals surface area contributed by atoms with Gasteiger partial charge in [0.15, 0.2) is 0 Å². The second-order valence-electron chi connectivity index (χ2n) is 6.16. The van der Waals surface area contributed by atoms with Gasteiger partial charge in [-0.3, -0.25) is 4.99 Å². The molecule has 2 nitrogen and oxygen atoms in total. The first-order valence-electron chi connectivity index (χ1n) is 6.98. The van der Waals surface area contributed by atoms with E-state index in [0.717, 1.165) is 12.4 Å². The third-order valence-corrected chi connectivity index (χ3v) is 4.70. The van der Waals surface area contributed by atoms with Crippen molar-refractivity contribution in [1.82, 2.24) is 0 Å². The van der Waals surface area contributed by atoms with E-state index in [1.807, 2.05) is 0 Å². The number of hydrogen-bond donors (Lipinski definition) is 1. The number of aryl methyl sites for hydroxylation is 1. The number of nitrogens with zero attached hydrogens (tertiary/aromatic N) is 1. The molecule has 3 rings (SSSR count). The number of rotatable bonds is 3. The van der Waals surface area contributed by atoms with Crippen molar-refractivity contribution in [2.24, 2.45) is 16.1 Å². The molecule has 0 radical (unpaired) electrons. The molecular formula is C16H22N2. The minimum atomic E-state index is 0.0402. The number of nitrogens with two attached hydrogens (primary N) is 1. The Balaban J connectivity index is 1.98. The maximum absolute atomic E-state index is 6.31. The highest BCUT2D eigenvalue weighted by molar-refractivity contribution is 5.93. The second-order valence-corrected chi connectivity index (χ2v) is 6.16. The standard InChI is InChI=1S/C16H22N2/c1-3-18-14(17)16(10-15(11-16)7-8-15)13-6-4-5-12(2)9-13/h4-6,9H,3,7-8,10-11H2,1-2H3,(H2,17,18). The molecule has 2 N–H and O–H groups in total. The van der Waals surface area contributed by atoms with Crippen molar-refractivity contribution in [2.45, 2.75) is 44.9 Å². The van der Waals surface area contributed by atoms with Crippen LogP contribution in [0.25, 0.3) is 0 Å². The van der Waals surface area contributed by atoms with Gasteiger partial charge in [0.25, 0.3) is 0 Å². The van der Waals surface area contributed by atoms with Gasteiger partial charge in [0.1, 0.15) is 5.84 Å². The van der Waals surface area contributed by atoms with Gasteiger partial charge in [-0.25, -0.2) is 0 Å². The van der Waals surface area contributed by atoms with E-state index in [1.165, 1.54) is 36.8 Å². The third-order valence-electron chi connectivity index (χ3n) is 4.70. The highest BCUT2D eigenvalue weighted by Gasteiger charge is 2.63. The van der Waals surface area contributed by atoms with Gasteiger partial charge < -0.3 is 5.73 Å². The zero-order valence-corrected chi connectivity index (χ0v) is 11.4. The topological polar surface area (TPSA) is 38.4 Å². The number of aliphatic imine (C=N–C) groups is 1. The van der Waals surface area contributed by atoms with Crippen molar-refractivity contribution < 1.29 is 0 Å². The van der Waals surface area contributed by atoms with Crippen molar-refractivity contribution in [3.63, 3.8) is 0 Å². The fourth-order valence-electron chi connectivity index (χ4n) is 3.56. The number of benzene rings is 1. The maximum atomic E-state index is 6.31. The molecule has 1 spiro atoms. The zero-order valence-electron chi connectivity index (χ0n) is 11.4. The fraction of sp³-hybridized carbons (Fsp3) is 0.562. The first-order valence-corrected chi connectivity index (χ1v) is 6.98. The SMILES string of the molecule is CCN=C(N)C1(c2cccc(C)c2)CC2(CC2)C1. The van der Waals surface area contributed by atoms with Gasteiger partial charge in [-0.15, -0.1) is 0 Å². The summed E-state index contributed by atoms with van der Waals surface area (Å²) in [7, 11) is 0. The summed E-state index contributed by atoms with van der Waals surface area (Å²) in [6, 6.07) is 8.80. The molecule has 2 heteroatoms. The monoisotopic (exact) mass is 242 g/mol. The Morgan fingerprint density at radius 3 is 2.61 bits per heavy atom. The fourth-order valence-corrected chi connectivity index (χ4v) is 3.56. The van der Waals surface area contributed by atoms with E-state index in [2.05, 4.69) is 43.1 Å². The van der Waals surface area contributed by atoms with Gasteiger partial charge in [-0.05, 0) is 50.5 Å². The Hall–Kier alpha value is -1.31. The largest absolute Gasteiger partial charge is 0.387 e. The first-order chi connectivity index (χ1) is 8.60. The summed E-state index contributed by atoms with van der Waals surface area (Å²) in [6.07, 6.45) is 5.19. The van der Waals surface area contributed by atoms with Crippen LogP contribution in [0.15, 0.2) is 29.3 Å². The summed E-state index contributed by atoms with van der Waals surface area (Å²) in [5.74, 6) is 0.855. The van der Waals surface area contributed by atoms with Gasteiger partial charge in [0.2, 0.25) is 0 Å². The minimum Gasteiger partial charge on any atom is -0.387 e. The molecule has 0 aromatic heterocycles. The van der Waals surface area contributed by atoms with Crippen molar-refractivity contribution in [2.75, 3.05) is 6.54 Å². The van der Waals surface area contributed by atoms with E-state index >= 15 is 0 Å². The minimum absolute atomic E-state index is 0.0402. The summed E-state index contributed by atoms with van der Waals surface area (Å²) in [4.78, 5) is 4.51. The van der Waals surface area contributed by atoms with Gasteiger partial charge in [-0.2, -0.15) is 0 Å². The van der Waals surface area contributed by atoms with Gasteiger partial charge in [0, 0.05) is 6.54 Å². The Labute approximate surface area is 109 Å². The summed E-state index contributed by atoms with van der Waals surface area (Å²) < 4.78 is 0. The summed E-state index contributed by atoms with van der Waals surface area (Å²) >= 11 is 0. The molecule has 0 aliphatic heterocycles. The highest BCUT2D eigenvalue weighted by Crippen LogP contribution is 2.69. The van der Waals surface area contributed by atoms with E-state index < -0.39 is 0 Å². The second kappa shape index (κ2) is 3.84. The lowest BCUT2D eigenvalue weighted by molar-refractivity contribution is 0.182. The molecule has 1 aromatic rings. The van der Waals surface area contributed by atoms with Crippen LogP contribution in [-0.2, 0) is 5.41 Å². The molecule has 18 heavy (non-hydrogen) atoms. The van der Waals surface area contributed by atoms with Gasteiger partial charge >= 0.3 is 0 Å². The quantitative estimate of drug-likeness (QED) is 0.641. The van der Waals surface area contributed by atoms with Crippen LogP contribution in [0.5, 0.6) is 0 Å². The molecule has 2 aliphatic rings. The third kappa shape index (κ3) is 1.66. The molecule has 0 saturated heterocycles. The Kier molecular flexibility index (Phi) is 2.51. The van der Waals surface area contributed by atoms with Crippen LogP contribution >= 0.6 is 0 Å². The lowest BCUT2D eigenvalue weighted by Gasteiger charge is -2.49. The lowest BCUT2D eigenvalue weighted by atomic mass is 9.55. The van der Waals surface area contributed by atoms with Crippen LogP contribution in [0.1, 0.15) is 43.7 Å². The van der Waals surface area contributed by atoms with Gasteiger partial charge in [-0.1, -0.05) is 29.8 Å². The van der Waals surface area contributed by atoms with Crippen LogP contribution < -0.4 is 5.73 Å². The molecule has 0 bridgehead atoms. The molecule has 2 fully saturated rings. The predicted molar refractivity (Wildman–Crippen MR) is 75.9 cm³/mol. The highest BCUT2D eigenvalue weighted by atomic mass is 14.9. The Bertz CT molecular complexity index is 490. The summed E-state index contributed by atoms with van der Waals surface area (Å²) in [6.45, 7) is 4.99. The van der Waals surface area contributed by atoms with E-state index in [1.54, 1.807) is 0 Å². The van der Waals surface area contributed by atoms with E-state index in [-0.39, 0.29) is 5.41 Å². The van der Waals surface area contributed by atoms with Crippen LogP contribution in [0, 0.1) is 12.3 Å². The maximum Gasteiger partial charge on any atom is 0.104 e. The Morgan fingerprint density at radius 2 is 2.06 bits per heavy atom. The summed E-state index contributed by atoms with van der Waals surface area (Å²) in [5.41, 5.74) is 9.65. The molecule has 96 valence electrons. The summed E-state index contributed by atoms with van der Waals surface area (Å²) in [5, 5.41) is 0. The van der Waals surface area contributed by atoms with Crippen molar-refractivity contribution in [3.05, 3.63) is 35.4 Å². The molecule has 0 heterocycles. The zero-order chi connectivity index (χ0) is 12.8. The van der Waals surface area contributed by atoms with Crippen molar-refractivity contribution in [3.8, 4) is 0 Å². The van der Waals surface area contributed by atoms with Crippen molar-refractivity contribution in [1.29, 1.82) is 0 Å². The average molecular weight is 242 g/mol. The van der Waals surface area contributed by atoms with Crippen LogP contribution in [0.2, 0.25) is 0 Å². The molecule has 0 atom stereocenters. The van der Waals surface area contributed by atoms with E-state index in [4.69, 9.17) is 5.73 Å². The van der Waals surface area contributed by atoms with Crippen LogP contribution in [0.4, 0.5) is 0 Å². The normalized spacial score (nSPS) is 23.8. The molecule has 0 unspecified atom stereocenters. The smallest absolute Gasteiger partial charge is 0.104 e. The molecule has 2 aliphatic carbocycles.